The SMILES string of the molecule is CC1CCCN(S(=O)(=O)c2ccc3c(c2)NCC(C)(C)O3)C1. The van der Waals surface area contributed by atoms with E-state index in [0.29, 0.717) is 36.2 Å². The van der Waals surface area contributed by atoms with Gasteiger partial charge in [-0.2, -0.15) is 4.31 Å². The van der Waals surface area contributed by atoms with E-state index in [1.165, 1.54) is 0 Å². The molecule has 2 heterocycles. The van der Waals surface area contributed by atoms with Crippen LogP contribution in [-0.4, -0.2) is 38.0 Å². The number of nitrogens with one attached hydrogen (secondary N) is 1. The Morgan fingerprint density at radius 2 is 2.14 bits per heavy atom. The smallest absolute Gasteiger partial charge is 0.243 e. The van der Waals surface area contributed by atoms with Crippen molar-refractivity contribution in [3.8, 4) is 5.75 Å². The number of ether oxygens (including phenoxy) is 1. The van der Waals surface area contributed by atoms with Crippen LogP contribution in [0.3, 0.4) is 0 Å². The summed E-state index contributed by atoms with van der Waals surface area (Å²) in [6, 6.07) is 5.10. The van der Waals surface area contributed by atoms with Crippen LogP contribution in [0, 0.1) is 5.92 Å². The highest BCUT2D eigenvalue weighted by atomic mass is 32.2. The van der Waals surface area contributed by atoms with E-state index >= 15 is 0 Å². The summed E-state index contributed by atoms with van der Waals surface area (Å²) in [5.41, 5.74) is 0.473. The van der Waals surface area contributed by atoms with Crippen LogP contribution in [0.4, 0.5) is 5.69 Å². The number of rotatable bonds is 2. The molecule has 1 fully saturated rings. The van der Waals surface area contributed by atoms with Gasteiger partial charge in [-0.1, -0.05) is 6.92 Å². The summed E-state index contributed by atoms with van der Waals surface area (Å²) in [5, 5.41) is 3.27. The predicted molar refractivity (Wildman–Crippen MR) is 86.8 cm³/mol. The van der Waals surface area contributed by atoms with Gasteiger partial charge in [0.1, 0.15) is 11.4 Å². The molecule has 122 valence electrons. The zero-order chi connectivity index (χ0) is 16.0. The van der Waals surface area contributed by atoms with Gasteiger partial charge in [0.25, 0.3) is 0 Å². The lowest BCUT2D eigenvalue weighted by Gasteiger charge is -2.34. The third kappa shape index (κ3) is 2.94. The van der Waals surface area contributed by atoms with Crippen molar-refractivity contribution in [3.63, 3.8) is 0 Å². The van der Waals surface area contributed by atoms with Crippen LogP contribution in [-0.2, 0) is 10.0 Å². The van der Waals surface area contributed by atoms with Crippen LogP contribution in [0.1, 0.15) is 33.6 Å². The molecule has 0 aliphatic carbocycles. The van der Waals surface area contributed by atoms with Gasteiger partial charge in [-0.15, -0.1) is 0 Å². The van der Waals surface area contributed by atoms with Crippen molar-refractivity contribution in [2.24, 2.45) is 5.92 Å². The van der Waals surface area contributed by atoms with Crippen molar-refractivity contribution in [1.82, 2.24) is 4.31 Å². The summed E-state index contributed by atoms with van der Waals surface area (Å²) >= 11 is 0. The highest BCUT2D eigenvalue weighted by Crippen LogP contribution is 2.35. The van der Waals surface area contributed by atoms with E-state index < -0.39 is 10.0 Å². The lowest BCUT2D eigenvalue weighted by molar-refractivity contribution is 0.116. The Labute approximate surface area is 132 Å². The first-order chi connectivity index (χ1) is 10.3. The van der Waals surface area contributed by atoms with Gasteiger partial charge in [0.05, 0.1) is 17.1 Å². The highest BCUT2D eigenvalue weighted by Gasteiger charge is 2.31. The average Bonchev–Trinajstić information content (AvgIpc) is 2.45. The number of sulfonamides is 1. The molecular formula is C16H24N2O3S. The molecule has 22 heavy (non-hydrogen) atoms. The molecule has 5 nitrogen and oxygen atoms in total. The number of hydrogen-bond donors (Lipinski definition) is 1. The lowest BCUT2D eigenvalue weighted by Crippen LogP contribution is -2.40. The van der Waals surface area contributed by atoms with Crippen LogP contribution in [0.2, 0.25) is 0 Å². The van der Waals surface area contributed by atoms with E-state index in [1.807, 2.05) is 13.8 Å². The minimum absolute atomic E-state index is 0.282. The number of benzene rings is 1. The van der Waals surface area contributed by atoms with Crippen LogP contribution in [0.25, 0.3) is 0 Å². The van der Waals surface area contributed by atoms with E-state index in [-0.39, 0.29) is 5.60 Å². The lowest BCUT2D eigenvalue weighted by atomic mass is 10.0. The summed E-state index contributed by atoms with van der Waals surface area (Å²) < 4.78 is 33.1. The van der Waals surface area contributed by atoms with Gasteiger partial charge in [0.15, 0.2) is 0 Å². The zero-order valence-electron chi connectivity index (χ0n) is 13.4. The minimum atomic E-state index is -3.42. The van der Waals surface area contributed by atoms with E-state index in [9.17, 15) is 8.42 Å². The maximum absolute atomic E-state index is 12.8. The second-order valence-electron chi connectivity index (χ2n) is 6.98. The van der Waals surface area contributed by atoms with Gasteiger partial charge in [0.2, 0.25) is 10.0 Å². The summed E-state index contributed by atoms with van der Waals surface area (Å²) in [6.45, 7) is 7.98. The molecule has 6 heteroatoms. The van der Waals surface area contributed by atoms with Crippen LogP contribution in [0.5, 0.6) is 5.75 Å². The number of hydrogen-bond acceptors (Lipinski definition) is 4. The molecular weight excluding hydrogens is 300 g/mol. The topological polar surface area (TPSA) is 58.6 Å². The van der Waals surface area contributed by atoms with Crippen LogP contribution in [0.15, 0.2) is 23.1 Å². The first-order valence-corrected chi connectivity index (χ1v) is 9.29. The van der Waals surface area contributed by atoms with Crippen molar-refractivity contribution >= 4 is 15.7 Å². The normalized spacial score (nSPS) is 25.0. The first-order valence-electron chi connectivity index (χ1n) is 7.85. The van der Waals surface area contributed by atoms with Gasteiger partial charge in [-0.05, 0) is 50.8 Å². The van der Waals surface area contributed by atoms with Crippen molar-refractivity contribution in [2.45, 2.75) is 44.1 Å². The number of nitrogens with zero attached hydrogens (tertiary/aromatic N) is 1. The summed E-state index contributed by atoms with van der Waals surface area (Å²) in [5.74, 6) is 1.13. The van der Waals surface area contributed by atoms with Gasteiger partial charge in [-0.3, -0.25) is 0 Å². The van der Waals surface area contributed by atoms with Crippen molar-refractivity contribution in [2.75, 3.05) is 25.0 Å². The Bertz CT molecular complexity index is 670. The number of fused-ring (bicyclic) bond motifs is 1. The molecule has 0 spiro atoms. The molecule has 2 aliphatic rings. The second kappa shape index (κ2) is 5.42. The van der Waals surface area contributed by atoms with E-state index in [1.54, 1.807) is 22.5 Å². The van der Waals surface area contributed by atoms with Crippen molar-refractivity contribution in [3.05, 3.63) is 18.2 Å². The molecule has 0 bridgehead atoms. The van der Waals surface area contributed by atoms with Gasteiger partial charge < -0.3 is 10.1 Å². The fourth-order valence-electron chi connectivity index (χ4n) is 3.05. The van der Waals surface area contributed by atoms with Crippen LogP contribution < -0.4 is 10.1 Å². The number of piperidine rings is 1. The molecule has 0 aromatic heterocycles. The highest BCUT2D eigenvalue weighted by molar-refractivity contribution is 7.89. The van der Waals surface area contributed by atoms with Crippen LogP contribution >= 0.6 is 0 Å². The molecule has 1 saturated heterocycles. The van der Waals surface area contributed by atoms with Gasteiger partial charge >= 0.3 is 0 Å². The van der Waals surface area contributed by atoms with Crippen molar-refractivity contribution < 1.29 is 13.2 Å². The van der Waals surface area contributed by atoms with E-state index in [4.69, 9.17) is 4.74 Å². The minimum Gasteiger partial charge on any atom is -0.484 e. The second-order valence-corrected chi connectivity index (χ2v) is 8.92. The molecule has 0 amide bonds. The Morgan fingerprint density at radius 1 is 1.36 bits per heavy atom. The fourth-order valence-corrected chi connectivity index (χ4v) is 4.68. The molecule has 2 aliphatic heterocycles. The molecule has 1 aromatic rings. The van der Waals surface area contributed by atoms with E-state index in [0.717, 1.165) is 18.5 Å². The quantitative estimate of drug-likeness (QED) is 0.909. The predicted octanol–water partition coefficient (Wildman–Crippen LogP) is 2.69. The van der Waals surface area contributed by atoms with Crippen molar-refractivity contribution in [1.29, 1.82) is 0 Å². The molecule has 0 saturated carbocycles. The average molecular weight is 324 g/mol. The standard InChI is InChI=1S/C16H24N2O3S/c1-12-5-4-8-18(10-12)22(19,20)13-6-7-15-14(9-13)17-11-16(2,3)21-15/h6-7,9,12,17H,4-5,8,10-11H2,1-3H3. The Kier molecular flexibility index (Phi) is 3.85. The largest absolute Gasteiger partial charge is 0.484 e. The van der Waals surface area contributed by atoms with Gasteiger partial charge in [0, 0.05) is 13.1 Å². The zero-order valence-corrected chi connectivity index (χ0v) is 14.2. The maximum Gasteiger partial charge on any atom is 0.243 e. The summed E-state index contributed by atoms with van der Waals surface area (Å²) in [4.78, 5) is 0.344. The first kappa shape index (κ1) is 15.6. The Morgan fingerprint density at radius 3 is 2.86 bits per heavy atom. The molecule has 1 N–H and O–H groups in total. The number of anilines is 1. The third-order valence-electron chi connectivity index (χ3n) is 4.30. The molecule has 1 atom stereocenters. The monoisotopic (exact) mass is 324 g/mol. The molecule has 3 rings (SSSR count). The Balaban J connectivity index is 1.89. The Hall–Kier alpha value is -1.27. The molecule has 0 radical (unpaired) electrons. The fraction of sp³-hybridized carbons (Fsp3) is 0.625. The molecule has 1 aromatic carbocycles. The van der Waals surface area contributed by atoms with E-state index in [2.05, 4.69) is 12.2 Å². The van der Waals surface area contributed by atoms with Gasteiger partial charge in [-0.25, -0.2) is 8.42 Å². The maximum atomic E-state index is 12.8. The molecule has 1 unspecified atom stereocenters. The summed E-state index contributed by atoms with van der Waals surface area (Å²) in [7, 11) is -3.42. The summed E-state index contributed by atoms with van der Waals surface area (Å²) in [6.07, 6.45) is 2.03. The third-order valence-corrected chi connectivity index (χ3v) is 6.16.